The molecule has 0 radical (unpaired) electrons. The molecule has 0 aliphatic carbocycles. The minimum atomic E-state index is -0.987. The fourth-order valence-electron chi connectivity index (χ4n) is 1.59. The van der Waals surface area contributed by atoms with Crippen molar-refractivity contribution in [3.8, 4) is 0 Å². The van der Waals surface area contributed by atoms with Crippen LogP contribution < -0.4 is 5.32 Å². The Hall–Kier alpha value is -2.11. The molecule has 2 aromatic rings. The third-order valence-corrected chi connectivity index (χ3v) is 3.30. The van der Waals surface area contributed by atoms with E-state index in [1.165, 1.54) is 19.2 Å². The number of rotatable bonds is 4. The number of nitrogens with zero attached hydrogens (tertiary/aromatic N) is 1. The van der Waals surface area contributed by atoms with Gasteiger partial charge in [-0.05, 0) is 43.3 Å². The summed E-state index contributed by atoms with van der Waals surface area (Å²) in [5, 5.41) is 3.20. The summed E-state index contributed by atoms with van der Waals surface area (Å²) in [6.45, 7) is 1.47. The summed E-state index contributed by atoms with van der Waals surface area (Å²) in [5.41, 5.74) is 0.659. The molecular weight excluding hydrogens is 327 g/mol. The van der Waals surface area contributed by atoms with Gasteiger partial charge in [0.1, 0.15) is 5.15 Å². The summed E-state index contributed by atoms with van der Waals surface area (Å²) < 4.78 is 5.07. The smallest absolute Gasteiger partial charge is 0.342 e. The normalized spacial score (nSPS) is 11.6. The van der Waals surface area contributed by atoms with Crippen LogP contribution in [0, 0.1) is 0 Å². The van der Waals surface area contributed by atoms with Crippen LogP contribution in [0.2, 0.25) is 10.2 Å². The Bertz CT molecular complexity index is 689. The molecule has 0 saturated heterocycles. The number of hydrogen-bond acceptors (Lipinski definition) is 4. The molecule has 0 bridgehead atoms. The predicted molar refractivity (Wildman–Crippen MR) is 84.2 cm³/mol. The number of nitrogens with one attached hydrogen (secondary N) is 1. The fraction of sp³-hybridized carbons (Fsp3) is 0.133. The van der Waals surface area contributed by atoms with Gasteiger partial charge in [-0.25, -0.2) is 9.78 Å². The summed E-state index contributed by atoms with van der Waals surface area (Å²) >= 11 is 11.6. The number of benzene rings is 1. The van der Waals surface area contributed by atoms with E-state index >= 15 is 0 Å². The monoisotopic (exact) mass is 338 g/mol. The van der Waals surface area contributed by atoms with Crippen LogP contribution in [0.3, 0.4) is 0 Å². The summed E-state index contributed by atoms with van der Waals surface area (Å²) in [4.78, 5) is 27.7. The Morgan fingerprint density at radius 1 is 1.18 bits per heavy atom. The Kier molecular flexibility index (Phi) is 5.35. The van der Waals surface area contributed by atoms with E-state index in [1.807, 2.05) is 0 Å². The quantitative estimate of drug-likeness (QED) is 0.683. The second-order valence-electron chi connectivity index (χ2n) is 4.39. The third-order valence-electron chi connectivity index (χ3n) is 2.74. The van der Waals surface area contributed by atoms with Crippen molar-refractivity contribution in [2.24, 2.45) is 0 Å². The highest BCUT2D eigenvalue weighted by molar-refractivity contribution is 6.32. The highest BCUT2D eigenvalue weighted by Gasteiger charge is 2.20. The summed E-state index contributed by atoms with van der Waals surface area (Å²) in [5.74, 6) is -1.17. The molecule has 1 amide bonds. The van der Waals surface area contributed by atoms with Crippen molar-refractivity contribution in [2.45, 2.75) is 13.0 Å². The average molecular weight is 339 g/mol. The predicted octanol–water partition coefficient (Wildman–Crippen LogP) is 3.57. The first-order valence-corrected chi connectivity index (χ1v) is 7.11. The molecule has 7 heteroatoms. The Morgan fingerprint density at radius 2 is 1.86 bits per heavy atom. The van der Waals surface area contributed by atoms with Crippen molar-refractivity contribution < 1.29 is 14.3 Å². The van der Waals surface area contributed by atoms with Crippen LogP contribution in [-0.4, -0.2) is 23.0 Å². The maximum absolute atomic E-state index is 12.0. The topological polar surface area (TPSA) is 68.3 Å². The zero-order valence-corrected chi connectivity index (χ0v) is 13.1. The maximum atomic E-state index is 12.0. The summed E-state index contributed by atoms with van der Waals surface area (Å²) in [6.07, 6.45) is 0.468. The van der Waals surface area contributed by atoms with E-state index in [0.717, 1.165) is 0 Å². The van der Waals surface area contributed by atoms with Crippen molar-refractivity contribution in [2.75, 3.05) is 5.32 Å². The molecular formula is C15H12Cl2N2O3. The molecule has 0 unspecified atom stereocenters. The van der Waals surface area contributed by atoms with E-state index < -0.39 is 18.0 Å². The number of ether oxygens (including phenoxy) is 1. The lowest BCUT2D eigenvalue weighted by atomic mass is 10.2. The highest BCUT2D eigenvalue weighted by Crippen LogP contribution is 2.16. The second kappa shape index (κ2) is 7.24. The fourth-order valence-corrected chi connectivity index (χ4v) is 1.92. The SMILES string of the molecule is C[C@H](OC(=O)c1cccnc1Cl)C(=O)Nc1ccc(Cl)cc1. The molecule has 22 heavy (non-hydrogen) atoms. The molecule has 1 aromatic carbocycles. The lowest BCUT2D eigenvalue weighted by molar-refractivity contribution is -0.123. The largest absolute Gasteiger partial charge is 0.449 e. The van der Waals surface area contributed by atoms with E-state index in [1.54, 1.807) is 30.3 Å². The average Bonchev–Trinajstić information content (AvgIpc) is 2.49. The van der Waals surface area contributed by atoms with Crippen molar-refractivity contribution in [1.29, 1.82) is 0 Å². The van der Waals surface area contributed by atoms with Gasteiger partial charge in [0.15, 0.2) is 6.10 Å². The molecule has 1 N–H and O–H groups in total. The lowest BCUT2D eigenvalue weighted by Gasteiger charge is -2.13. The van der Waals surface area contributed by atoms with Gasteiger partial charge in [-0.1, -0.05) is 23.2 Å². The van der Waals surface area contributed by atoms with Gasteiger partial charge in [-0.15, -0.1) is 0 Å². The molecule has 0 saturated carbocycles. The van der Waals surface area contributed by atoms with Crippen molar-refractivity contribution in [3.63, 3.8) is 0 Å². The maximum Gasteiger partial charge on any atom is 0.342 e. The van der Waals surface area contributed by atoms with Crippen LogP contribution in [0.15, 0.2) is 42.6 Å². The molecule has 2 rings (SSSR count). The minimum absolute atomic E-state index is 0.0257. The molecule has 5 nitrogen and oxygen atoms in total. The van der Waals surface area contributed by atoms with Gasteiger partial charge in [0.25, 0.3) is 5.91 Å². The Balaban J connectivity index is 1.98. The van der Waals surface area contributed by atoms with Crippen LogP contribution in [0.1, 0.15) is 17.3 Å². The second-order valence-corrected chi connectivity index (χ2v) is 5.18. The van der Waals surface area contributed by atoms with Crippen molar-refractivity contribution in [1.82, 2.24) is 4.98 Å². The van der Waals surface area contributed by atoms with Crippen LogP contribution >= 0.6 is 23.2 Å². The van der Waals surface area contributed by atoms with E-state index in [2.05, 4.69) is 10.3 Å². The number of amides is 1. The Labute approximate surface area is 137 Å². The third kappa shape index (κ3) is 4.19. The highest BCUT2D eigenvalue weighted by atomic mass is 35.5. The summed E-state index contributed by atoms with van der Waals surface area (Å²) in [7, 11) is 0. The number of hydrogen-bond donors (Lipinski definition) is 1. The van der Waals surface area contributed by atoms with Gasteiger partial charge in [0.05, 0.1) is 5.56 Å². The number of carbonyl (C=O) groups excluding carboxylic acids is 2. The van der Waals surface area contributed by atoms with E-state index in [4.69, 9.17) is 27.9 Å². The molecule has 1 aromatic heterocycles. The van der Waals surface area contributed by atoms with Crippen LogP contribution in [-0.2, 0) is 9.53 Å². The van der Waals surface area contributed by atoms with Crippen LogP contribution in [0.5, 0.6) is 0 Å². The molecule has 0 fully saturated rings. The lowest BCUT2D eigenvalue weighted by Crippen LogP contribution is -2.30. The van der Waals surface area contributed by atoms with Gasteiger partial charge in [-0.2, -0.15) is 0 Å². The number of esters is 1. The van der Waals surface area contributed by atoms with E-state index in [-0.39, 0.29) is 10.7 Å². The van der Waals surface area contributed by atoms with E-state index in [0.29, 0.717) is 10.7 Å². The number of pyridine rings is 1. The molecule has 0 aliphatic heterocycles. The van der Waals surface area contributed by atoms with Crippen molar-refractivity contribution >= 4 is 40.8 Å². The van der Waals surface area contributed by atoms with Gasteiger partial charge in [-0.3, -0.25) is 4.79 Å². The standard InChI is InChI=1S/C15H12Cl2N2O3/c1-9(14(20)19-11-6-4-10(16)5-7-11)22-15(21)12-3-2-8-18-13(12)17/h2-9H,1H3,(H,19,20)/t9-/m0/s1. The van der Waals surface area contributed by atoms with E-state index in [9.17, 15) is 9.59 Å². The number of halogens is 2. The Morgan fingerprint density at radius 3 is 2.50 bits per heavy atom. The van der Waals surface area contributed by atoms with Crippen LogP contribution in [0.25, 0.3) is 0 Å². The van der Waals surface area contributed by atoms with Gasteiger partial charge in [0, 0.05) is 16.9 Å². The molecule has 0 spiro atoms. The molecule has 114 valence electrons. The number of carbonyl (C=O) groups is 2. The van der Waals surface area contributed by atoms with Gasteiger partial charge < -0.3 is 10.1 Å². The zero-order chi connectivity index (χ0) is 16.1. The van der Waals surface area contributed by atoms with Crippen LogP contribution in [0.4, 0.5) is 5.69 Å². The first-order chi connectivity index (χ1) is 10.5. The minimum Gasteiger partial charge on any atom is -0.449 e. The first-order valence-electron chi connectivity index (χ1n) is 6.35. The van der Waals surface area contributed by atoms with Gasteiger partial charge in [0.2, 0.25) is 0 Å². The number of aromatic nitrogens is 1. The zero-order valence-electron chi connectivity index (χ0n) is 11.5. The first kappa shape index (κ1) is 16.3. The molecule has 0 aliphatic rings. The van der Waals surface area contributed by atoms with Crippen molar-refractivity contribution in [3.05, 3.63) is 58.3 Å². The number of anilines is 1. The van der Waals surface area contributed by atoms with Gasteiger partial charge >= 0.3 is 5.97 Å². The summed E-state index contributed by atoms with van der Waals surface area (Å²) in [6, 6.07) is 9.61. The molecule has 1 heterocycles. The molecule has 1 atom stereocenters.